The predicted molar refractivity (Wildman–Crippen MR) is 527 cm³/mol. The summed E-state index contributed by atoms with van der Waals surface area (Å²) in [4.78, 5) is 57.0. The van der Waals surface area contributed by atoms with Crippen LogP contribution in [0.25, 0.3) is 224 Å². The molecule has 26 rings (SSSR count). The Morgan fingerprint density at radius 2 is 0.424 bits per heavy atom. The molecule has 9 aromatic heterocycles. The summed E-state index contributed by atoms with van der Waals surface area (Å²) in [7, 11) is 0. The van der Waals surface area contributed by atoms with Crippen LogP contribution in [0.3, 0.4) is 0 Å². The molecule has 132 heavy (non-hydrogen) atoms. The minimum absolute atomic E-state index is 0.0759. The molecule has 0 fully saturated rings. The second kappa shape index (κ2) is 31.2. The van der Waals surface area contributed by atoms with Crippen LogP contribution in [0.15, 0.2) is 390 Å². The van der Waals surface area contributed by atoms with Crippen LogP contribution in [0.2, 0.25) is 0 Å². The fourth-order valence-electron chi connectivity index (χ4n) is 19.7. The van der Waals surface area contributed by atoms with Gasteiger partial charge >= 0.3 is 0 Å². The fraction of sp³-hybridized carbons (Fsp3) is 0.0769. The van der Waals surface area contributed by atoms with Gasteiger partial charge in [-0.15, -0.1) is 0 Å². The minimum Gasteiger partial charge on any atom is -0.455 e. The second-order valence-electron chi connectivity index (χ2n) is 35.4. The molecule has 0 saturated heterocycles. The lowest BCUT2D eigenvalue weighted by atomic mass is 9.82. The number of aromatic nitrogens is 12. The molecule has 23 aromatic rings. The lowest BCUT2D eigenvalue weighted by Crippen LogP contribution is -2.14. The van der Waals surface area contributed by atoms with Crippen LogP contribution in [-0.4, -0.2) is 59.8 Å². The maximum atomic E-state index is 6.67. The van der Waals surface area contributed by atoms with Crippen LogP contribution in [0.5, 0.6) is 0 Å². The summed E-state index contributed by atoms with van der Waals surface area (Å²) in [6.07, 6.45) is 5.22. The van der Waals surface area contributed by atoms with Crippen molar-refractivity contribution in [1.29, 1.82) is 0 Å². The highest BCUT2D eigenvalue weighted by Gasteiger charge is 2.40. The normalized spacial score (nSPS) is 13.3. The van der Waals surface area contributed by atoms with Crippen LogP contribution in [0.1, 0.15) is 74.9 Å². The van der Waals surface area contributed by atoms with Crippen LogP contribution in [0, 0.1) is 0 Å². The summed E-state index contributed by atoms with van der Waals surface area (Å²) in [6, 6.07) is 123. The van der Waals surface area contributed by atoms with E-state index in [4.69, 9.17) is 58.1 Å². The summed E-state index contributed by atoms with van der Waals surface area (Å²) in [5.41, 5.74) is 32.4. The number of pyridine rings is 3. The van der Waals surface area contributed by atoms with Crippen LogP contribution < -0.4 is 0 Å². The Bertz CT molecular complexity index is 8000. The standard InChI is InChI=1S/C42H29N3O.C41H28N4O.C34H23N5O/c1-42(2)35-19-10-9-16-31(35)33-24-34-32-18-11-17-30(38(32)46-37(34)25-36(33)42)26-20-22-29(23-21-26)41-44-39(27-12-5-3-6-13-27)43-40(45-41)28-14-7-4-8-15-28;1-41(2)33-16-7-6-13-29(33)31-23-32-30-15-10-14-28(37(30)46-36(32)24-34(31)41)25-18-20-27(21-19-25)39-43-38(26-11-4-3-5-12-26)44-40(45-39)35-17-8-9-22-42-35;1-34(2)25-13-4-3-10-20(25)23-18-24-21-11-9-12-22(30(21)40-29(24)19-26(23)34)31-37-32(27-14-5-7-16-35-27)39-33(38-31)28-15-6-8-17-36-28/h3-25H,1-2H3;3-24H,1-2H3;3-19H,1-2H3. The third-order valence-corrected chi connectivity index (χ3v) is 26.4. The van der Waals surface area contributed by atoms with Gasteiger partial charge in [-0.25, -0.2) is 44.9 Å². The van der Waals surface area contributed by atoms with E-state index in [0.717, 1.165) is 121 Å². The smallest absolute Gasteiger partial charge is 0.182 e. The van der Waals surface area contributed by atoms with Crippen molar-refractivity contribution in [1.82, 2.24) is 59.8 Å². The van der Waals surface area contributed by atoms with Gasteiger partial charge in [0.05, 0.1) is 5.56 Å². The highest BCUT2D eigenvalue weighted by atomic mass is 16.3. The Morgan fingerprint density at radius 1 is 0.174 bits per heavy atom. The van der Waals surface area contributed by atoms with Gasteiger partial charge < -0.3 is 13.3 Å². The van der Waals surface area contributed by atoms with Crippen molar-refractivity contribution in [2.75, 3.05) is 0 Å². The van der Waals surface area contributed by atoms with Crippen molar-refractivity contribution in [3.8, 4) is 159 Å². The monoisotopic (exact) mass is 1700 g/mol. The molecule has 0 aliphatic heterocycles. The molecular formula is C117H80N12O3. The van der Waals surface area contributed by atoms with Crippen molar-refractivity contribution >= 4 is 65.8 Å². The van der Waals surface area contributed by atoms with E-state index in [9.17, 15) is 0 Å². The molecule has 626 valence electrons. The first-order chi connectivity index (χ1) is 64.7. The molecule has 0 saturated carbocycles. The largest absolute Gasteiger partial charge is 0.455 e. The summed E-state index contributed by atoms with van der Waals surface area (Å²) in [6.45, 7) is 13.8. The van der Waals surface area contributed by atoms with E-state index in [1.54, 1.807) is 18.6 Å². The first-order valence-electron chi connectivity index (χ1n) is 44.4. The summed E-state index contributed by atoms with van der Waals surface area (Å²) in [5.74, 6) is 5.17. The molecule has 0 amide bonds. The number of furan rings is 3. The molecule has 0 spiro atoms. The number of rotatable bonds is 11. The molecule has 0 radical (unpaired) electrons. The van der Waals surface area contributed by atoms with Gasteiger partial charge in [0.25, 0.3) is 0 Å². The van der Waals surface area contributed by atoms with E-state index in [-0.39, 0.29) is 16.2 Å². The van der Waals surface area contributed by atoms with Gasteiger partial charge in [-0.2, -0.15) is 0 Å². The number of nitrogens with zero attached hydrogens (tertiary/aromatic N) is 12. The Balaban J connectivity index is 0.000000110. The van der Waals surface area contributed by atoms with E-state index in [0.29, 0.717) is 69.5 Å². The zero-order chi connectivity index (χ0) is 88.5. The first-order valence-corrected chi connectivity index (χ1v) is 44.4. The SMILES string of the molecule is CC1(C)c2ccccc2-c2cc3c(cc21)oc1c(-c2ccc(-c4nc(-c5ccccc5)nc(-c5ccccc5)n4)cc2)cccc13.CC1(C)c2ccccc2-c2cc3c(cc21)oc1c(-c2ccc(-c4nc(-c5ccccc5)nc(-c5ccccn5)n4)cc2)cccc13.CC1(C)c2ccccc2-c2cc3c(cc21)oc1c(-c2nc(-c4ccccn4)nc(-c4ccccn4)n2)cccc13. The third kappa shape index (κ3) is 13.3. The topological polar surface area (TPSA) is 194 Å². The lowest BCUT2D eigenvalue weighted by molar-refractivity contribution is 0.647. The Morgan fingerprint density at radius 3 is 0.742 bits per heavy atom. The highest BCUT2D eigenvalue weighted by Crippen LogP contribution is 2.55. The molecule has 0 atom stereocenters. The number of para-hydroxylation sites is 3. The molecule has 15 heteroatoms. The van der Waals surface area contributed by atoms with Crippen molar-refractivity contribution in [3.63, 3.8) is 0 Å². The Hall–Kier alpha value is -17.0. The third-order valence-electron chi connectivity index (χ3n) is 26.4. The molecular weight excluding hydrogens is 1620 g/mol. The summed E-state index contributed by atoms with van der Waals surface area (Å²) < 4.78 is 19.9. The summed E-state index contributed by atoms with van der Waals surface area (Å²) in [5, 5.41) is 6.63. The maximum Gasteiger partial charge on any atom is 0.182 e. The van der Waals surface area contributed by atoms with Crippen molar-refractivity contribution in [3.05, 3.63) is 410 Å². The Labute approximate surface area is 760 Å². The van der Waals surface area contributed by atoms with E-state index < -0.39 is 0 Å². The summed E-state index contributed by atoms with van der Waals surface area (Å²) >= 11 is 0. The van der Waals surface area contributed by atoms with Crippen LogP contribution in [-0.2, 0) is 16.2 Å². The maximum absolute atomic E-state index is 6.67. The van der Waals surface area contributed by atoms with Crippen molar-refractivity contribution in [2.45, 2.75) is 57.8 Å². The fourth-order valence-corrected chi connectivity index (χ4v) is 19.7. The average molecular weight is 1700 g/mol. The molecule has 9 heterocycles. The van der Waals surface area contributed by atoms with Gasteiger partial charge in [0, 0.05) is 106 Å². The molecule has 3 aliphatic rings. The van der Waals surface area contributed by atoms with E-state index in [1.165, 1.54) is 66.8 Å². The quantitative estimate of drug-likeness (QED) is 0.119. The van der Waals surface area contributed by atoms with Gasteiger partial charge in [-0.3, -0.25) is 15.0 Å². The van der Waals surface area contributed by atoms with Gasteiger partial charge in [-0.05, 0) is 157 Å². The molecule has 14 aromatic carbocycles. The van der Waals surface area contributed by atoms with Crippen LogP contribution >= 0.6 is 0 Å². The van der Waals surface area contributed by atoms with Crippen molar-refractivity contribution in [2.24, 2.45) is 0 Å². The van der Waals surface area contributed by atoms with Gasteiger partial charge in [-0.1, -0.05) is 321 Å². The van der Waals surface area contributed by atoms with Crippen molar-refractivity contribution < 1.29 is 13.3 Å². The second-order valence-corrected chi connectivity index (χ2v) is 35.4. The molecule has 3 aliphatic carbocycles. The lowest BCUT2D eigenvalue weighted by Gasteiger charge is -2.21. The molecule has 0 N–H and O–H groups in total. The number of hydrogen-bond donors (Lipinski definition) is 0. The van der Waals surface area contributed by atoms with E-state index >= 15 is 0 Å². The molecule has 0 bridgehead atoms. The number of hydrogen-bond acceptors (Lipinski definition) is 15. The number of benzene rings is 14. The Kier molecular flexibility index (Phi) is 18.5. The van der Waals surface area contributed by atoms with Gasteiger partial charge in [0.15, 0.2) is 52.4 Å². The number of fused-ring (bicyclic) bond motifs is 18. The van der Waals surface area contributed by atoms with Gasteiger partial charge in [0.2, 0.25) is 0 Å². The first kappa shape index (κ1) is 78.4. The van der Waals surface area contributed by atoms with Crippen LogP contribution in [0.4, 0.5) is 0 Å². The molecule has 15 nitrogen and oxygen atoms in total. The predicted octanol–water partition coefficient (Wildman–Crippen LogP) is 28.8. The molecule has 0 unspecified atom stereocenters. The zero-order valence-corrected chi connectivity index (χ0v) is 72.9. The van der Waals surface area contributed by atoms with E-state index in [2.05, 4.69) is 257 Å². The van der Waals surface area contributed by atoms with Gasteiger partial charge in [0.1, 0.15) is 50.6 Å². The highest BCUT2D eigenvalue weighted by molar-refractivity contribution is 6.14. The average Bonchev–Trinajstić information content (AvgIpc) is 1.57. The van der Waals surface area contributed by atoms with E-state index in [1.807, 2.05) is 158 Å². The zero-order valence-electron chi connectivity index (χ0n) is 72.9. The minimum atomic E-state index is -0.106.